The van der Waals surface area contributed by atoms with Crippen molar-refractivity contribution in [1.82, 2.24) is 4.90 Å². The average molecular weight is 173 g/mol. The molecule has 1 saturated heterocycles. The van der Waals surface area contributed by atoms with Gasteiger partial charge < -0.3 is 4.90 Å². The highest BCUT2D eigenvalue weighted by atomic mass is 16.2. The number of hydrogen-bond acceptors (Lipinski definition) is 1. The van der Waals surface area contributed by atoms with Gasteiger partial charge in [0.25, 0.3) is 0 Å². The number of carbonyl (C=O) groups is 1. The van der Waals surface area contributed by atoms with E-state index in [0.717, 1.165) is 12.1 Å². The molecule has 0 aliphatic carbocycles. The van der Waals surface area contributed by atoms with Crippen LogP contribution in [0.2, 0.25) is 0 Å². The molecule has 1 amide bonds. The van der Waals surface area contributed by atoms with Gasteiger partial charge in [-0.05, 0) is 11.6 Å². The van der Waals surface area contributed by atoms with Crippen molar-refractivity contribution in [3.8, 4) is 0 Å². The largest absolute Gasteiger partial charge is 0.318 e. The standard InChI is InChI=1S/C11H11NO/c13-11-7-9-12(11)8-6-10-4-2-1-3-5-10/h1-6,8H,7,9H2/b8-6+. The Balaban J connectivity index is 2.01. The molecule has 2 rings (SSSR count). The highest BCUT2D eigenvalue weighted by molar-refractivity contribution is 5.83. The van der Waals surface area contributed by atoms with E-state index in [2.05, 4.69) is 0 Å². The van der Waals surface area contributed by atoms with Gasteiger partial charge in [-0.25, -0.2) is 0 Å². The summed E-state index contributed by atoms with van der Waals surface area (Å²) in [4.78, 5) is 12.7. The van der Waals surface area contributed by atoms with Crippen molar-refractivity contribution < 1.29 is 4.79 Å². The Bertz CT molecular complexity index is 329. The first-order valence-corrected chi connectivity index (χ1v) is 4.39. The lowest BCUT2D eigenvalue weighted by molar-refractivity contribution is -0.135. The lowest BCUT2D eigenvalue weighted by atomic mass is 10.2. The number of amides is 1. The number of carbonyl (C=O) groups excluding carboxylic acids is 1. The minimum Gasteiger partial charge on any atom is -0.318 e. The second-order valence-corrected chi connectivity index (χ2v) is 3.06. The van der Waals surface area contributed by atoms with Crippen molar-refractivity contribution in [2.75, 3.05) is 6.54 Å². The van der Waals surface area contributed by atoms with E-state index in [0.29, 0.717) is 6.42 Å². The minimum absolute atomic E-state index is 0.215. The zero-order valence-corrected chi connectivity index (χ0v) is 7.31. The molecule has 0 saturated carbocycles. The minimum atomic E-state index is 0.215. The molecule has 0 N–H and O–H groups in total. The quantitative estimate of drug-likeness (QED) is 0.625. The maximum atomic E-state index is 10.9. The predicted molar refractivity (Wildman–Crippen MR) is 51.8 cm³/mol. The summed E-state index contributed by atoms with van der Waals surface area (Å²) in [5, 5.41) is 0. The van der Waals surface area contributed by atoms with Crippen molar-refractivity contribution >= 4 is 12.0 Å². The SMILES string of the molecule is O=C1CCN1/C=C/c1ccccc1. The predicted octanol–water partition coefficient (Wildman–Crippen LogP) is 1.89. The Hall–Kier alpha value is -1.57. The van der Waals surface area contributed by atoms with Gasteiger partial charge >= 0.3 is 0 Å². The van der Waals surface area contributed by atoms with Gasteiger partial charge in [-0.2, -0.15) is 0 Å². The summed E-state index contributed by atoms with van der Waals surface area (Å²) < 4.78 is 0. The lowest BCUT2D eigenvalue weighted by Gasteiger charge is -2.26. The molecule has 0 atom stereocenters. The van der Waals surface area contributed by atoms with Crippen molar-refractivity contribution in [3.63, 3.8) is 0 Å². The second kappa shape index (κ2) is 3.44. The van der Waals surface area contributed by atoms with E-state index in [1.54, 1.807) is 4.90 Å². The van der Waals surface area contributed by atoms with Crippen LogP contribution < -0.4 is 0 Å². The molecule has 0 bridgehead atoms. The zero-order valence-electron chi connectivity index (χ0n) is 7.31. The fourth-order valence-electron chi connectivity index (χ4n) is 1.23. The molecule has 0 spiro atoms. The summed E-state index contributed by atoms with van der Waals surface area (Å²) in [6.45, 7) is 0.863. The summed E-state index contributed by atoms with van der Waals surface area (Å²) >= 11 is 0. The lowest BCUT2D eigenvalue weighted by Crippen LogP contribution is -2.38. The molecule has 1 aliphatic rings. The average Bonchev–Trinajstić information content (AvgIpc) is 2.17. The van der Waals surface area contributed by atoms with Crippen LogP contribution in [0.4, 0.5) is 0 Å². The molecule has 1 aromatic carbocycles. The highest BCUT2D eigenvalue weighted by Gasteiger charge is 2.20. The molecule has 1 aliphatic heterocycles. The molecule has 1 heterocycles. The van der Waals surface area contributed by atoms with Crippen LogP contribution in [0.15, 0.2) is 36.5 Å². The zero-order chi connectivity index (χ0) is 9.10. The van der Waals surface area contributed by atoms with E-state index in [-0.39, 0.29) is 5.91 Å². The van der Waals surface area contributed by atoms with Gasteiger partial charge in [0.1, 0.15) is 0 Å². The molecule has 13 heavy (non-hydrogen) atoms. The van der Waals surface area contributed by atoms with Crippen LogP contribution in [0.3, 0.4) is 0 Å². The molecule has 1 aromatic rings. The number of β-lactam (4-membered cyclic amide) rings is 1. The van der Waals surface area contributed by atoms with Crippen LogP contribution in [0.5, 0.6) is 0 Å². The molecule has 66 valence electrons. The number of hydrogen-bond donors (Lipinski definition) is 0. The van der Waals surface area contributed by atoms with Crippen LogP contribution in [0, 0.1) is 0 Å². The van der Waals surface area contributed by atoms with Gasteiger partial charge in [0.15, 0.2) is 0 Å². The Morgan fingerprint density at radius 1 is 1.23 bits per heavy atom. The Labute approximate surface area is 77.5 Å². The maximum absolute atomic E-state index is 10.9. The van der Waals surface area contributed by atoms with Crippen molar-refractivity contribution in [3.05, 3.63) is 42.1 Å². The monoisotopic (exact) mass is 173 g/mol. The third kappa shape index (κ3) is 1.78. The molecular formula is C11H11NO. The van der Waals surface area contributed by atoms with Gasteiger partial charge in [0.05, 0.1) is 0 Å². The number of benzene rings is 1. The van der Waals surface area contributed by atoms with Gasteiger partial charge in [-0.1, -0.05) is 30.3 Å². The molecule has 2 nitrogen and oxygen atoms in total. The summed E-state index contributed by atoms with van der Waals surface area (Å²) in [7, 11) is 0. The van der Waals surface area contributed by atoms with Crippen molar-refractivity contribution in [2.45, 2.75) is 6.42 Å². The smallest absolute Gasteiger partial charge is 0.228 e. The highest BCUT2D eigenvalue weighted by Crippen LogP contribution is 2.10. The fraction of sp³-hybridized carbons (Fsp3) is 0.182. The first-order chi connectivity index (χ1) is 6.36. The van der Waals surface area contributed by atoms with Gasteiger partial charge in [0.2, 0.25) is 5.91 Å². The summed E-state index contributed by atoms with van der Waals surface area (Å²) in [6, 6.07) is 9.98. The number of likely N-dealkylation sites (tertiary alicyclic amines) is 1. The maximum Gasteiger partial charge on any atom is 0.228 e. The Morgan fingerprint density at radius 2 is 2.00 bits per heavy atom. The molecule has 1 fully saturated rings. The third-order valence-corrected chi connectivity index (χ3v) is 2.13. The van der Waals surface area contributed by atoms with E-state index in [9.17, 15) is 4.79 Å². The topological polar surface area (TPSA) is 20.3 Å². The third-order valence-electron chi connectivity index (χ3n) is 2.13. The van der Waals surface area contributed by atoms with E-state index < -0.39 is 0 Å². The second-order valence-electron chi connectivity index (χ2n) is 3.06. The fourth-order valence-corrected chi connectivity index (χ4v) is 1.23. The van der Waals surface area contributed by atoms with Crippen LogP contribution >= 0.6 is 0 Å². The molecule has 0 aromatic heterocycles. The van der Waals surface area contributed by atoms with Gasteiger partial charge in [0, 0.05) is 19.2 Å². The Morgan fingerprint density at radius 3 is 2.54 bits per heavy atom. The van der Waals surface area contributed by atoms with Gasteiger partial charge in [-0.3, -0.25) is 4.79 Å². The van der Waals surface area contributed by atoms with E-state index in [4.69, 9.17) is 0 Å². The van der Waals surface area contributed by atoms with Crippen LogP contribution in [0.25, 0.3) is 6.08 Å². The van der Waals surface area contributed by atoms with Crippen molar-refractivity contribution in [1.29, 1.82) is 0 Å². The first kappa shape index (κ1) is 8.05. The number of nitrogens with zero attached hydrogens (tertiary/aromatic N) is 1. The van der Waals surface area contributed by atoms with Crippen LogP contribution in [-0.4, -0.2) is 17.4 Å². The van der Waals surface area contributed by atoms with E-state index in [1.165, 1.54) is 0 Å². The first-order valence-electron chi connectivity index (χ1n) is 4.39. The van der Waals surface area contributed by atoms with Crippen molar-refractivity contribution in [2.24, 2.45) is 0 Å². The summed E-state index contributed by atoms with van der Waals surface area (Å²) in [6.07, 6.45) is 4.50. The molecule has 2 heteroatoms. The van der Waals surface area contributed by atoms with Gasteiger partial charge in [-0.15, -0.1) is 0 Å². The number of rotatable bonds is 2. The normalized spacial score (nSPS) is 16.3. The van der Waals surface area contributed by atoms with E-state index >= 15 is 0 Å². The molecule has 0 unspecified atom stereocenters. The van der Waals surface area contributed by atoms with E-state index in [1.807, 2.05) is 42.6 Å². The Kier molecular flexibility index (Phi) is 2.13. The summed E-state index contributed by atoms with van der Waals surface area (Å²) in [5.74, 6) is 0.215. The molecular weight excluding hydrogens is 162 g/mol. The summed E-state index contributed by atoms with van der Waals surface area (Å²) in [5.41, 5.74) is 1.13. The molecule has 0 radical (unpaired) electrons. The van der Waals surface area contributed by atoms with Crippen LogP contribution in [-0.2, 0) is 4.79 Å². The van der Waals surface area contributed by atoms with Crippen LogP contribution in [0.1, 0.15) is 12.0 Å².